The zero-order valence-corrected chi connectivity index (χ0v) is 14.6. The van der Waals surface area contributed by atoms with E-state index in [1.54, 1.807) is 7.11 Å². The summed E-state index contributed by atoms with van der Waals surface area (Å²) in [6.45, 7) is 6.04. The van der Waals surface area contributed by atoms with Crippen LogP contribution in [-0.2, 0) is 17.9 Å². The molecule has 0 saturated carbocycles. The number of ether oxygens (including phenoxy) is 1. The zero-order valence-electron chi connectivity index (χ0n) is 13.8. The number of hydrogen-bond acceptors (Lipinski definition) is 5. The summed E-state index contributed by atoms with van der Waals surface area (Å²) in [4.78, 5) is 19.1. The van der Waals surface area contributed by atoms with Crippen molar-refractivity contribution in [3.05, 3.63) is 33.5 Å². The number of thiazole rings is 1. The maximum Gasteiger partial charge on any atom is 0.273 e. The number of aromatic nitrogens is 3. The number of hydrogen-bond donors (Lipinski definition) is 0. The van der Waals surface area contributed by atoms with Crippen LogP contribution in [0.4, 0.5) is 0 Å². The van der Waals surface area contributed by atoms with E-state index in [0.29, 0.717) is 12.3 Å². The van der Waals surface area contributed by atoms with Crippen molar-refractivity contribution in [2.45, 2.75) is 45.9 Å². The summed E-state index contributed by atoms with van der Waals surface area (Å²) in [6.07, 6.45) is 2.05. The minimum absolute atomic E-state index is 0.0210. The first-order valence-electron chi connectivity index (χ1n) is 7.84. The van der Waals surface area contributed by atoms with Crippen molar-refractivity contribution < 1.29 is 9.53 Å². The van der Waals surface area contributed by atoms with Gasteiger partial charge in [0.25, 0.3) is 5.91 Å². The normalized spacial score (nSPS) is 17.9. The van der Waals surface area contributed by atoms with Gasteiger partial charge in [-0.05, 0) is 32.8 Å². The van der Waals surface area contributed by atoms with E-state index in [9.17, 15) is 4.79 Å². The molecule has 3 heterocycles. The van der Waals surface area contributed by atoms with Gasteiger partial charge in [-0.2, -0.15) is 5.10 Å². The standard InChI is InChI=1S/C16H22N4O2S/c1-11-7-12(2)20(18-11)8-13-5-4-6-19(13)16(21)14-10-23-15(17-14)9-22-3/h7,10,13H,4-6,8-9H2,1-3H3/t13-/m1/s1. The summed E-state index contributed by atoms with van der Waals surface area (Å²) in [5.74, 6) is 0.0210. The van der Waals surface area contributed by atoms with Crippen molar-refractivity contribution in [1.82, 2.24) is 19.7 Å². The van der Waals surface area contributed by atoms with Crippen LogP contribution < -0.4 is 0 Å². The van der Waals surface area contributed by atoms with Crippen molar-refractivity contribution in [2.75, 3.05) is 13.7 Å². The summed E-state index contributed by atoms with van der Waals surface area (Å²) in [7, 11) is 1.63. The molecule has 3 rings (SSSR count). The third-order valence-corrected chi connectivity index (χ3v) is 4.99. The van der Waals surface area contributed by atoms with E-state index in [4.69, 9.17) is 4.74 Å². The van der Waals surface area contributed by atoms with E-state index < -0.39 is 0 Å². The smallest absolute Gasteiger partial charge is 0.273 e. The molecule has 2 aromatic heterocycles. The monoisotopic (exact) mass is 334 g/mol. The molecule has 6 nitrogen and oxygen atoms in total. The molecule has 124 valence electrons. The van der Waals surface area contributed by atoms with E-state index in [-0.39, 0.29) is 11.9 Å². The number of carbonyl (C=O) groups is 1. The number of rotatable bonds is 5. The summed E-state index contributed by atoms with van der Waals surface area (Å²) in [6, 6.07) is 2.26. The van der Waals surface area contributed by atoms with Crippen LogP contribution in [0.2, 0.25) is 0 Å². The molecule has 0 aromatic carbocycles. The minimum atomic E-state index is 0.0210. The first kappa shape index (κ1) is 16.1. The predicted octanol–water partition coefficient (Wildman–Crippen LogP) is 2.41. The van der Waals surface area contributed by atoms with Crippen LogP contribution in [0.5, 0.6) is 0 Å². The van der Waals surface area contributed by atoms with Gasteiger partial charge in [0.15, 0.2) is 0 Å². The maximum atomic E-state index is 12.8. The lowest BCUT2D eigenvalue weighted by molar-refractivity contribution is 0.0715. The number of nitrogens with zero attached hydrogens (tertiary/aromatic N) is 4. The Morgan fingerprint density at radius 1 is 1.48 bits per heavy atom. The molecule has 0 N–H and O–H groups in total. The molecular formula is C16H22N4O2S. The SMILES string of the molecule is COCc1nc(C(=O)N2CCC[C@@H]2Cn2nc(C)cc2C)cs1. The van der Waals surface area contributed by atoms with Crippen LogP contribution in [0, 0.1) is 13.8 Å². The Morgan fingerprint density at radius 2 is 2.30 bits per heavy atom. The Bertz CT molecular complexity index is 694. The molecule has 7 heteroatoms. The summed E-state index contributed by atoms with van der Waals surface area (Å²) in [5.41, 5.74) is 2.68. The van der Waals surface area contributed by atoms with Gasteiger partial charge in [-0.1, -0.05) is 0 Å². The molecule has 0 bridgehead atoms. The van der Waals surface area contributed by atoms with Crippen LogP contribution in [0.1, 0.15) is 39.7 Å². The van der Waals surface area contributed by atoms with E-state index in [2.05, 4.69) is 23.1 Å². The number of methoxy groups -OCH3 is 1. The van der Waals surface area contributed by atoms with Crippen molar-refractivity contribution in [3.63, 3.8) is 0 Å². The highest BCUT2D eigenvalue weighted by molar-refractivity contribution is 7.09. The average molecular weight is 334 g/mol. The van der Waals surface area contributed by atoms with Gasteiger partial charge < -0.3 is 9.64 Å². The Morgan fingerprint density at radius 3 is 3.00 bits per heavy atom. The maximum absolute atomic E-state index is 12.8. The Hall–Kier alpha value is -1.73. The van der Waals surface area contributed by atoms with Crippen LogP contribution in [0.25, 0.3) is 0 Å². The lowest BCUT2D eigenvalue weighted by Gasteiger charge is -2.24. The van der Waals surface area contributed by atoms with E-state index in [1.165, 1.54) is 11.3 Å². The first-order chi connectivity index (χ1) is 11.1. The topological polar surface area (TPSA) is 60.2 Å². The van der Waals surface area contributed by atoms with Crippen LogP contribution in [0.3, 0.4) is 0 Å². The highest BCUT2D eigenvalue weighted by Crippen LogP contribution is 2.23. The fourth-order valence-corrected chi connectivity index (χ4v) is 3.84. The Balaban J connectivity index is 1.72. The van der Waals surface area contributed by atoms with Gasteiger partial charge in [-0.3, -0.25) is 9.48 Å². The van der Waals surface area contributed by atoms with Crippen LogP contribution >= 0.6 is 11.3 Å². The quantitative estimate of drug-likeness (QED) is 0.842. The molecule has 1 aliphatic rings. The molecule has 1 atom stereocenters. The van der Waals surface area contributed by atoms with Crippen molar-refractivity contribution in [2.24, 2.45) is 0 Å². The summed E-state index contributed by atoms with van der Waals surface area (Å²) >= 11 is 1.47. The van der Waals surface area contributed by atoms with Crippen molar-refractivity contribution in [3.8, 4) is 0 Å². The van der Waals surface area contributed by atoms with E-state index >= 15 is 0 Å². The number of amides is 1. The fraction of sp³-hybridized carbons (Fsp3) is 0.562. The van der Waals surface area contributed by atoms with Gasteiger partial charge in [0.1, 0.15) is 10.7 Å². The van der Waals surface area contributed by atoms with Gasteiger partial charge >= 0.3 is 0 Å². The molecule has 0 spiro atoms. The molecule has 23 heavy (non-hydrogen) atoms. The molecule has 2 aromatic rings. The fourth-order valence-electron chi connectivity index (χ4n) is 3.10. The van der Waals surface area contributed by atoms with E-state index in [1.807, 2.05) is 21.9 Å². The number of aryl methyl sites for hydroxylation is 2. The van der Waals surface area contributed by atoms with Crippen LogP contribution in [0.15, 0.2) is 11.4 Å². The average Bonchev–Trinajstić information content (AvgIpc) is 3.21. The van der Waals surface area contributed by atoms with Crippen molar-refractivity contribution in [1.29, 1.82) is 0 Å². The highest BCUT2D eigenvalue weighted by atomic mass is 32.1. The lowest BCUT2D eigenvalue weighted by Crippen LogP contribution is -2.38. The molecule has 0 unspecified atom stereocenters. The second-order valence-corrected chi connectivity index (χ2v) is 6.91. The second-order valence-electron chi connectivity index (χ2n) is 5.96. The molecule has 1 amide bonds. The minimum Gasteiger partial charge on any atom is -0.378 e. The van der Waals surface area contributed by atoms with Crippen LogP contribution in [-0.4, -0.2) is 45.3 Å². The third-order valence-electron chi connectivity index (χ3n) is 4.16. The van der Waals surface area contributed by atoms with Gasteiger partial charge in [-0.25, -0.2) is 4.98 Å². The zero-order chi connectivity index (χ0) is 16.4. The molecular weight excluding hydrogens is 312 g/mol. The summed E-state index contributed by atoms with van der Waals surface area (Å²) < 4.78 is 7.08. The van der Waals surface area contributed by atoms with Gasteiger partial charge in [0.05, 0.1) is 24.9 Å². The molecule has 1 aliphatic heterocycles. The number of carbonyl (C=O) groups excluding carboxylic acids is 1. The molecule has 1 saturated heterocycles. The predicted molar refractivity (Wildman–Crippen MR) is 88.6 cm³/mol. The summed E-state index contributed by atoms with van der Waals surface area (Å²) in [5, 5.41) is 7.18. The largest absolute Gasteiger partial charge is 0.378 e. The molecule has 0 radical (unpaired) electrons. The first-order valence-corrected chi connectivity index (χ1v) is 8.72. The number of likely N-dealkylation sites (tertiary alicyclic amines) is 1. The molecule has 0 aliphatic carbocycles. The third kappa shape index (κ3) is 3.45. The molecule has 1 fully saturated rings. The lowest BCUT2D eigenvalue weighted by atomic mass is 10.2. The van der Waals surface area contributed by atoms with Gasteiger partial charge in [0, 0.05) is 24.7 Å². The second kappa shape index (κ2) is 6.80. The Labute approximate surface area is 140 Å². The highest BCUT2D eigenvalue weighted by Gasteiger charge is 2.31. The van der Waals surface area contributed by atoms with E-state index in [0.717, 1.165) is 42.3 Å². The van der Waals surface area contributed by atoms with Crippen molar-refractivity contribution >= 4 is 17.2 Å². The van der Waals surface area contributed by atoms with Gasteiger partial charge in [-0.15, -0.1) is 11.3 Å². The Kier molecular flexibility index (Phi) is 4.77. The van der Waals surface area contributed by atoms with Gasteiger partial charge in [0.2, 0.25) is 0 Å².